The van der Waals surface area contributed by atoms with Gasteiger partial charge in [-0.05, 0) is 24.1 Å². The van der Waals surface area contributed by atoms with Crippen LogP contribution in [0.15, 0.2) is 72.6 Å². The van der Waals surface area contributed by atoms with Gasteiger partial charge in [0.15, 0.2) is 0 Å². The average molecular weight is 421 g/mol. The number of rotatable bonds is 6. The second kappa shape index (κ2) is 9.39. The molecule has 1 aliphatic heterocycles. The predicted octanol–water partition coefficient (Wildman–Crippen LogP) is 4.94. The Morgan fingerprint density at radius 1 is 1.17 bits per heavy atom. The third-order valence-electron chi connectivity index (χ3n) is 5.19. The highest BCUT2D eigenvalue weighted by molar-refractivity contribution is 6.31. The second-order valence-corrected chi connectivity index (χ2v) is 7.64. The van der Waals surface area contributed by atoms with Gasteiger partial charge in [0.1, 0.15) is 0 Å². The third-order valence-corrected chi connectivity index (χ3v) is 5.53. The van der Waals surface area contributed by atoms with Gasteiger partial charge in [0.25, 0.3) is 0 Å². The number of morpholine rings is 1. The number of aromatic nitrogens is 3. The molecule has 0 spiro atoms. The van der Waals surface area contributed by atoms with Gasteiger partial charge in [-0.15, -0.1) is 0 Å². The van der Waals surface area contributed by atoms with Crippen LogP contribution in [-0.4, -0.2) is 45.6 Å². The summed E-state index contributed by atoms with van der Waals surface area (Å²) >= 11 is 6.13. The molecule has 0 bridgehead atoms. The Labute approximate surface area is 182 Å². The number of ether oxygens (including phenoxy) is 1. The van der Waals surface area contributed by atoms with Gasteiger partial charge in [-0.3, -0.25) is 9.30 Å². The van der Waals surface area contributed by atoms with E-state index in [4.69, 9.17) is 21.3 Å². The van der Waals surface area contributed by atoms with Gasteiger partial charge in [-0.1, -0.05) is 60.7 Å². The van der Waals surface area contributed by atoms with E-state index in [2.05, 4.69) is 39.2 Å². The summed E-state index contributed by atoms with van der Waals surface area (Å²) in [5, 5.41) is 0.666. The molecule has 3 aromatic rings. The molecular weight excluding hydrogens is 396 g/mol. The van der Waals surface area contributed by atoms with Crippen molar-refractivity contribution < 1.29 is 4.74 Å². The van der Waals surface area contributed by atoms with E-state index in [-0.39, 0.29) is 0 Å². The lowest BCUT2D eigenvalue weighted by molar-refractivity contribution is 0.0335. The van der Waals surface area contributed by atoms with Crippen LogP contribution in [-0.2, 0) is 11.3 Å². The fourth-order valence-corrected chi connectivity index (χ4v) is 3.56. The van der Waals surface area contributed by atoms with Crippen LogP contribution >= 0.6 is 11.6 Å². The SMILES string of the molecule is C=C(C=CC(Cl)=CC)c1nc2ncc(-c3ccccc3)cn2c1CN1CCOCC1. The van der Waals surface area contributed by atoms with Crippen LogP contribution in [0.2, 0.25) is 0 Å². The molecule has 2 aromatic heterocycles. The molecule has 0 aliphatic carbocycles. The van der Waals surface area contributed by atoms with E-state index >= 15 is 0 Å². The molecule has 1 aliphatic rings. The highest BCUT2D eigenvalue weighted by atomic mass is 35.5. The molecular formula is C24H25ClN4O. The molecule has 154 valence electrons. The van der Waals surface area contributed by atoms with E-state index in [1.807, 2.05) is 49.5 Å². The van der Waals surface area contributed by atoms with Crippen molar-refractivity contribution in [2.24, 2.45) is 0 Å². The number of halogens is 1. The smallest absolute Gasteiger partial charge is 0.234 e. The normalized spacial score (nSPS) is 15.9. The van der Waals surface area contributed by atoms with Crippen LogP contribution in [0, 0.1) is 0 Å². The first-order chi connectivity index (χ1) is 14.7. The molecule has 0 unspecified atom stereocenters. The molecule has 30 heavy (non-hydrogen) atoms. The zero-order chi connectivity index (χ0) is 20.9. The monoisotopic (exact) mass is 420 g/mol. The maximum absolute atomic E-state index is 6.13. The van der Waals surface area contributed by atoms with Crippen LogP contribution < -0.4 is 0 Å². The van der Waals surface area contributed by atoms with Crippen molar-refractivity contribution in [2.45, 2.75) is 13.5 Å². The number of hydrogen-bond donors (Lipinski definition) is 0. The lowest BCUT2D eigenvalue weighted by atomic mass is 10.1. The van der Waals surface area contributed by atoms with Gasteiger partial charge in [0.05, 0.1) is 24.6 Å². The number of fused-ring (bicyclic) bond motifs is 1. The van der Waals surface area contributed by atoms with Crippen molar-refractivity contribution in [2.75, 3.05) is 26.3 Å². The van der Waals surface area contributed by atoms with Crippen LogP contribution in [0.4, 0.5) is 0 Å². The first kappa shape index (κ1) is 20.5. The molecule has 5 nitrogen and oxygen atoms in total. The predicted molar refractivity (Wildman–Crippen MR) is 122 cm³/mol. The average Bonchev–Trinajstić information content (AvgIpc) is 3.16. The summed E-state index contributed by atoms with van der Waals surface area (Å²) in [5.41, 5.74) is 4.90. The summed E-state index contributed by atoms with van der Waals surface area (Å²) in [6.45, 7) is 10.2. The Kier molecular flexibility index (Phi) is 6.43. The molecule has 1 aromatic carbocycles. The minimum Gasteiger partial charge on any atom is -0.379 e. The van der Waals surface area contributed by atoms with E-state index in [1.54, 1.807) is 0 Å². The van der Waals surface area contributed by atoms with Gasteiger partial charge in [0, 0.05) is 42.6 Å². The molecule has 0 N–H and O–H groups in total. The molecule has 1 fully saturated rings. The van der Waals surface area contributed by atoms with Gasteiger partial charge >= 0.3 is 0 Å². The Morgan fingerprint density at radius 3 is 2.67 bits per heavy atom. The summed E-state index contributed by atoms with van der Waals surface area (Å²) in [7, 11) is 0. The van der Waals surface area contributed by atoms with Gasteiger partial charge in [-0.2, -0.15) is 0 Å². The maximum Gasteiger partial charge on any atom is 0.234 e. The largest absolute Gasteiger partial charge is 0.379 e. The Bertz CT molecular complexity index is 1100. The van der Waals surface area contributed by atoms with Crippen LogP contribution in [0.25, 0.3) is 22.5 Å². The zero-order valence-corrected chi connectivity index (χ0v) is 17.8. The quantitative estimate of drug-likeness (QED) is 0.530. The number of benzene rings is 1. The minimum atomic E-state index is 0.666. The van der Waals surface area contributed by atoms with Crippen molar-refractivity contribution in [3.05, 3.63) is 84.0 Å². The standard InChI is InChI=1S/C24H25ClN4O/c1-3-21(25)10-9-18(2)23-22(17-28-11-13-30-14-12-28)29-16-20(15-26-24(29)27-23)19-7-5-4-6-8-19/h3-10,15-16H,2,11-14,17H2,1H3. The van der Waals surface area contributed by atoms with Gasteiger partial charge in [-0.25, -0.2) is 9.97 Å². The lowest BCUT2D eigenvalue weighted by Crippen LogP contribution is -2.36. The number of nitrogens with zero attached hydrogens (tertiary/aromatic N) is 4. The van der Waals surface area contributed by atoms with E-state index in [0.29, 0.717) is 10.8 Å². The number of imidazole rings is 1. The topological polar surface area (TPSA) is 42.7 Å². The molecule has 6 heteroatoms. The summed E-state index contributed by atoms with van der Waals surface area (Å²) in [6, 6.07) is 10.3. The summed E-state index contributed by atoms with van der Waals surface area (Å²) < 4.78 is 7.60. The first-order valence-electron chi connectivity index (χ1n) is 10.1. The molecule has 0 radical (unpaired) electrons. The number of hydrogen-bond acceptors (Lipinski definition) is 4. The van der Waals surface area contributed by atoms with Crippen LogP contribution in [0.5, 0.6) is 0 Å². The van der Waals surface area contributed by atoms with Crippen LogP contribution in [0.3, 0.4) is 0 Å². The van der Waals surface area contributed by atoms with Crippen molar-refractivity contribution >= 4 is 23.0 Å². The third kappa shape index (κ3) is 4.54. The molecule has 0 saturated carbocycles. The van der Waals surface area contributed by atoms with Crippen molar-refractivity contribution in [1.29, 1.82) is 0 Å². The Morgan fingerprint density at radius 2 is 1.93 bits per heavy atom. The summed E-state index contributed by atoms with van der Waals surface area (Å²) in [5.74, 6) is 0.666. The van der Waals surface area contributed by atoms with Crippen molar-refractivity contribution in [1.82, 2.24) is 19.3 Å². The van der Waals surface area contributed by atoms with E-state index in [9.17, 15) is 0 Å². The highest BCUT2D eigenvalue weighted by Gasteiger charge is 2.19. The molecule has 3 heterocycles. The van der Waals surface area contributed by atoms with E-state index in [1.165, 1.54) is 0 Å². The maximum atomic E-state index is 6.13. The van der Waals surface area contributed by atoms with Crippen molar-refractivity contribution in [3.8, 4) is 11.1 Å². The van der Waals surface area contributed by atoms with Gasteiger partial charge < -0.3 is 4.74 Å². The second-order valence-electron chi connectivity index (χ2n) is 7.21. The van der Waals surface area contributed by atoms with E-state index in [0.717, 1.165) is 60.9 Å². The minimum absolute atomic E-state index is 0.666. The Balaban J connectivity index is 1.78. The number of allylic oxidation sites excluding steroid dienone is 5. The van der Waals surface area contributed by atoms with Crippen LogP contribution in [0.1, 0.15) is 18.3 Å². The Hall–Kier alpha value is -2.73. The zero-order valence-electron chi connectivity index (χ0n) is 17.1. The van der Waals surface area contributed by atoms with Gasteiger partial charge in [0.2, 0.25) is 5.78 Å². The molecule has 0 atom stereocenters. The molecule has 1 saturated heterocycles. The van der Waals surface area contributed by atoms with Crippen molar-refractivity contribution in [3.63, 3.8) is 0 Å². The molecule has 4 rings (SSSR count). The lowest BCUT2D eigenvalue weighted by Gasteiger charge is -2.26. The summed E-state index contributed by atoms with van der Waals surface area (Å²) in [6.07, 6.45) is 9.58. The highest BCUT2D eigenvalue weighted by Crippen LogP contribution is 2.25. The molecule has 0 amide bonds. The fourth-order valence-electron chi connectivity index (χ4n) is 3.49. The summed E-state index contributed by atoms with van der Waals surface area (Å²) in [4.78, 5) is 11.8. The fraction of sp³-hybridized carbons (Fsp3) is 0.250. The van der Waals surface area contributed by atoms with E-state index < -0.39 is 0 Å². The first-order valence-corrected chi connectivity index (χ1v) is 10.4.